The van der Waals surface area contributed by atoms with Crippen molar-refractivity contribution in [2.75, 3.05) is 0 Å². The van der Waals surface area contributed by atoms with Gasteiger partial charge in [-0.2, -0.15) is 0 Å². The number of carboxylic acids is 2. The second-order valence-electron chi connectivity index (χ2n) is 5.93. The van der Waals surface area contributed by atoms with Crippen molar-refractivity contribution in [3.63, 3.8) is 0 Å². The van der Waals surface area contributed by atoms with Crippen LogP contribution in [0.15, 0.2) is 25.3 Å². The Morgan fingerprint density at radius 3 is 1.16 bits per heavy atom. The van der Waals surface area contributed by atoms with Crippen molar-refractivity contribution < 1.29 is 36.9 Å². The molecule has 0 spiro atoms. The van der Waals surface area contributed by atoms with Crippen molar-refractivity contribution in [3.05, 3.63) is 25.3 Å². The molecule has 0 aromatic rings. The number of unbranched alkanes of at least 4 members (excludes halogenated alkanes) is 10. The summed E-state index contributed by atoms with van der Waals surface area (Å²) in [5.74, 6) is -1.86. The van der Waals surface area contributed by atoms with Crippen molar-refractivity contribution in [2.24, 2.45) is 0 Å². The van der Waals surface area contributed by atoms with Crippen LogP contribution >= 0.6 is 0 Å². The molecule has 25 heavy (non-hydrogen) atoms. The van der Waals surface area contributed by atoms with Crippen LogP contribution in [-0.2, 0) is 26.7 Å². The van der Waals surface area contributed by atoms with E-state index in [9.17, 15) is 19.8 Å². The van der Waals surface area contributed by atoms with Gasteiger partial charge in [-0.05, 0) is 51.4 Å². The second kappa shape index (κ2) is 25.2. The Morgan fingerprint density at radius 1 is 0.600 bits per heavy atom. The van der Waals surface area contributed by atoms with Crippen LogP contribution in [-0.4, -0.2) is 11.9 Å². The van der Waals surface area contributed by atoms with E-state index in [4.69, 9.17) is 0 Å². The van der Waals surface area contributed by atoms with Gasteiger partial charge in [-0.25, -0.2) is 0 Å². The maximum atomic E-state index is 10.0. The van der Waals surface area contributed by atoms with Gasteiger partial charge in [0.05, 0.1) is 0 Å². The molecule has 0 amide bonds. The van der Waals surface area contributed by atoms with Gasteiger partial charge in [0.1, 0.15) is 0 Å². The first-order chi connectivity index (χ1) is 11.5. The topological polar surface area (TPSA) is 80.3 Å². The van der Waals surface area contributed by atoms with Gasteiger partial charge in [-0.3, -0.25) is 0 Å². The maximum Gasteiger partial charge on any atom is 2.00 e. The molecule has 0 bridgehead atoms. The van der Waals surface area contributed by atoms with Crippen molar-refractivity contribution in [1.29, 1.82) is 0 Å². The van der Waals surface area contributed by atoms with Crippen LogP contribution in [0, 0.1) is 0 Å². The zero-order valence-corrected chi connectivity index (χ0v) is 16.3. The molecule has 4 nitrogen and oxygen atoms in total. The molecule has 0 aromatic carbocycles. The van der Waals surface area contributed by atoms with E-state index < -0.39 is 11.9 Å². The average molecular weight is 402 g/mol. The van der Waals surface area contributed by atoms with Gasteiger partial charge >= 0.3 is 17.1 Å². The molecule has 1 radical (unpaired) electrons. The van der Waals surface area contributed by atoms with Gasteiger partial charge in [0.15, 0.2) is 0 Å². The average Bonchev–Trinajstić information content (AvgIpc) is 2.53. The molecule has 0 heterocycles. The molecule has 0 saturated heterocycles. The molecule has 0 aliphatic heterocycles. The van der Waals surface area contributed by atoms with Crippen LogP contribution in [0.1, 0.15) is 89.9 Å². The van der Waals surface area contributed by atoms with E-state index in [1.54, 1.807) is 0 Å². The Morgan fingerprint density at radius 2 is 0.880 bits per heavy atom. The van der Waals surface area contributed by atoms with E-state index in [1.807, 2.05) is 12.2 Å². The summed E-state index contributed by atoms with van der Waals surface area (Å²) < 4.78 is 0. The zero-order chi connectivity index (χ0) is 18.5. The Kier molecular flexibility index (Phi) is 28.9. The van der Waals surface area contributed by atoms with E-state index in [0.717, 1.165) is 51.4 Å². The van der Waals surface area contributed by atoms with Crippen molar-refractivity contribution >= 4 is 11.9 Å². The van der Waals surface area contributed by atoms with Gasteiger partial charge in [0, 0.05) is 11.9 Å². The Bertz CT molecular complexity index is 298. The third-order valence-electron chi connectivity index (χ3n) is 3.58. The number of carboxylic acid groups (broad SMARTS) is 2. The third kappa shape index (κ3) is 35.1. The summed E-state index contributed by atoms with van der Waals surface area (Å²) in [4.78, 5) is 20.0. The molecule has 0 aromatic heterocycles. The Balaban J connectivity index is -0.000000372. The smallest absolute Gasteiger partial charge is 0.550 e. The molecule has 0 saturated carbocycles. The summed E-state index contributed by atoms with van der Waals surface area (Å²) in [6.45, 7) is 7.26. The molecule has 5 heteroatoms. The standard InChI is InChI=1S/2C10H18O2.Cu/c2*1-2-3-4-5-6-7-8-9-10(11)12;/h2*2H,1,3-9H2,(H,11,12);/q;;+2/p-2. The van der Waals surface area contributed by atoms with E-state index in [1.165, 1.54) is 25.7 Å². The molecule has 149 valence electrons. The fourth-order valence-electron chi connectivity index (χ4n) is 2.18. The SMILES string of the molecule is C=CCCCCCCCC(=O)[O-].C=CCCCCCCCC(=O)[O-].[Cu+2]. The summed E-state index contributed by atoms with van der Waals surface area (Å²) in [5.41, 5.74) is 0. The fourth-order valence-corrected chi connectivity index (χ4v) is 2.18. The fraction of sp³-hybridized carbons (Fsp3) is 0.700. The van der Waals surface area contributed by atoms with Crippen LogP contribution in [0.4, 0.5) is 0 Å². The quantitative estimate of drug-likeness (QED) is 0.226. The van der Waals surface area contributed by atoms with Gasteiger partial charge in [0.2, 0.25) is 0 Å². The molecular weight excluding hydrogens is 368 g/mol. The summed E-state index contributed by atoms with van der Waals surface area (Å²) in [5, 5.41) is 20.0. The van der Waals surface area contributed by atoms with Crippen LogP contribution in [0.5, 0.6) is 0 Å². The molecule has 0 N–H and O–H groups in total. The largest absolute Gasteiger partial charge is 2.00 e. The number of hydrogen-bond donors (Lipinski definition) is 0. The number of hydrogen-bond acceptors (Lipinski definition) is 4. The normalized spacial score (nSPS) is 9.28. The minimum Gasteiger partial charge on any atom is -0.550 e. The number of allylic oxidation sites excluding steroid dienone is 2. The molecule has 0 atom stereocenters. The minimum absolute atomic E-state index is 0. The maximum absolute atomic E-state index is 10.0. The van der Waals surface area contributed by atoms with E-state index in [-0.39, 0.29) is 29.9 Å². The van der Waals surface area contributed by atoms with E-state index >= 15 is 0 Å². The molecular formula is C20H34CuO4. The summed E-state index contributed by atoms with van der Waals surface area (Å²) in [6, 6.07) is 0. The summed E-state index contributed by atoms with van der Waals surface area (Å²) >= 11 is 0. The predicted molar refractivity (Wildman–Crippen MR) is 95.0 cm³/mol. The summed E-state index contributed by atoms with van der Waals surface area (Å²) in [7, 11) is 0. The predicted octanol–water partition coefficient (Wildman–Crippen LogP) is 3.30. The van der Waals surface area contributed by atoms with Gasteiger partial charge < -0.3 is 19.8 Å². The van der Waals surface area contributed by atoms with Crippen LogP contribution in [0.3, 0.4) is 0 Å². The van der Waals surface area contributed by atoms with Crippen LogP contribution in [0.2, 0.25) is 0 Å². The molecule has 0 aliphatic rings. The minimum atomic E-state index is -0.930. The second-order valence-corrected chi connectivity index (χ2v) is 5.93. The van der Waals surface area contributed by atoms with Crippen molar-refractivity contribution in [3.8, 4) is 0 Å². The molecule has 0 unspecified atom stereocenters. The van der Waals surface area contributed by atoms with E-state index in [0.29, 0.717) is 0 Å². The van der Waals surface area contributed by atoms with Gasteiger partial charge in [0.25, 0.3) is 0 Å². The first-order valence-corrected chi connectivity index (χ1v) is 9.16. The monoisotopic (exact) mass is 401 g/mol. The van der Waals surface area contributed by atoms with Gasteiger partial charge in [-0.1, -0.05) is 50.7 Å². The molecule has 0 rings (SSSR count). The number of carbonyl (C=O) groups is 2. The molecule has 0 fully saturated rings. The number of rotatable bonds is 16. The van der Waals surface area contributed by atoms with Crippen molar-refractivity contribution in [1.82, 2.24) is 0 Å². The Hall–Kier alpha value is -1.06. The van der Waals surface area contributed by atoms with E-state index in [2.05, 4.69) is 13.2 Å². The first-order valence-electron chi connectivity index (χ1n) is 9.16. The van der Waals surface area contributed by atoms with Gasteiger partial charge in [-0.15, -0.1) is 13.2 Å². The number of carbonyl (C=O) groups excluding carboxylic acids is 2. The van der Waals surface area contributed by atoms with Crippen LogP contribution in [0.25, 0.3) is 0 Å². The zero-order valence-electron chi connectivity index (χ0n) is 15.4. The first kappa shape index (κ1) is 28.7. The van der Waals surface area contributed by atoms with Crippen molar-refractivity contribution in [2.45, 2.75) is 89.9 Å². The summed E-state index contributed by atoms with van der Waals surface area (Å²) in [6.07, 6.45) is 16.9. The number of aliphatic carboxylic acids is 2. The Labute approximate surface area is 164 Å². The van der Waals surface area contributed by atoms with Crippen LogP contribution < -0.4 is 10.2 Å². The third-order valence-corrected chi connectivity index (χ3v) is 3.58. The molecule has 0 aliphatic carbocycles.